The van der Waals surface area contributed by atoms with E-state index in [-0.39, 0.29) is 5.01 Å². The molecular formula is C8H4BrNO2S2. The molecule has 0 atom stereocenters. The summed E-state index contributed by atoms with van der Waals surface area (Å²) >= 11 is 6.02. The third-order valence-corrected chi connectivity index (χ3v) is 3.99. The molecule has 0 radical (unpaired) electrons. The summed E-state index contributed by atoms with van der Waals surface area (Å²) in [5.41, 5.74) is 0.725. The van der Waals surface area contributed by atoms with Crippen LogP contribution in [0.1, 0.15) is 9.80 Å². The number of nitrogens with zero attached hydrogens (tertiary/aromatic N) is 1. The van der Waals surface area contributed by atoms with E-state index in [4.69, 9.17) is 5.11 Å². The second-order valence-corrected chi connectivity index (χ2v) is 5.77. The fraction of sp³-hybridized carbons (Fsp3) is 0. The molecule has 2 heterocycles. The summed E-state index contributed by atoms with van der Waals surface area (Å²) < 4.78 is 1.01. The highest BCUT2D eigenvalue weighted by Gasteiger charge is 2.11. The van der Waals surface area contributed by atoms with E-state index in [0.717, 1.165) is 25.7 Å². The third-order valence-electron chi connectivity index (χ3n) is 1.51. The summed E-state index contributed by atoms with van der Waals surface area (Å²) in [5.74, 6) is -0.975. The van der Waals surface area contributed by atoms with Crippen molar-refractivity contribution in [2.75, 3.05) is 0 Å². The van der Waals surface area contributed by atoms with Gasteiger partial charge in [0.05, 0.1) is 14.4 Å². The zero-order valence-electron chi connectivity index (χ0n) is 6.73. The molecule has 6 heteroatoms. The van der Waals surface area contributed by atoms with E-state index in [9.17, 15) is 4.79 Å². The lowest BCUT2D eigenvalue weighted by atomic mass is 10.4. The highest BCUT2D eigenvalue weighted by Crippen LogP contribution is 2.31. The number of thiophene rings is 1. The number of aromatic carboxylic acids is 1. The number of halogens is 1. The highest BCUT2D eigenvalue weighted by atomic mass is 79.9. The van der Waals surface area contributed by atoms with Crippen molar-refractivity contribution in [3.05, 3.63) is 26.3 Å². The van der Waals surface area contributed by atoms with Crippen molar-refractivity contribution in [1.82, 2.24) is 4.98 Å². The van der Waals surface area contributed by atoms with Crippen LogP contribution in [0.3, 0.4) is 0 Å². The average molecular weight is 290 g/mol. The molecule has 72 valence electrons. The smallest absolute Gasteiger partial charge is 0.365 e. The molecule has 0 aromatic carbocycles. The van der Waals surface area contributed by atoms with Gasteiger partial charge in [-0.05, 0) is 28.1 Å². The molecule has 0 fully saturated rings. The Morgan fingerprint density at radius 2 is 2.29 bits per heavy atom. The first-order valence-corrected chi connectivity index (χ1v) is 6.10. The molecule has 0 aliphatic heterocycles. The summed E-state index contributed by atoms with van der Waals surface area (Å²) in [7, 11) is 0. The summed E-state index contributed by atoms with van der Waals surface area (Å²) in [5, 5.41) is 10.6. The molecular weight excluding hydrogens is 286 g/mol. The first-order chi connectivity index (χ1) is 6.66. The van der Waals surface area contributed by atoms with Crippen LogP contribution in [0, 0.1) is 0 Å². The molecule has 0 aliphatic rings. The minimum absolute atomic E-state index is 0.129. The molecule has 0 spiro atoms. The monoisotopic (exact) mass is 289 g/mol. The van der Waals surface area contributed by atoms with Crippen LogP contribution >= 0.6 is 38.6 Å². The van der Waals surface area contributed by atoms with Crippen molar-refractivity contribution in [2.24, 2.45) is 0 Å². The number of hydrogen-bond donors (Lipinski definition) is 1. The van der Waals surface area contributed by atoms with E-state index in [2.05, 4.69) is 20.9 Å². The lowest BCUT2D eigenvalue weighted by Gasteiger charge is -1.86. The van der Waals surface area contributed by atoms with Gasteiger partial charge in [-0.25, -0.2) is 9.78 Å². The SMILES string of the molecule is O=C(O)c1nc(-c2ccc(Br)s2)cs1. The second kappa shape index (κ2) is 3.80. The lowest BCUT2D eigenvalue weighted by molar-refractivity contribution is 0.0696. The maximum absolute atomic E-state index is 10.6. The Balaban J connectivity index is 2.38. The Bertz CT molecular complexity index is 477. The third kappa shape index (κ3) is 1.87. The molecule has 0 unspecified atom stereocenters. The highest BCUT2D eigenvalue weighted by molar-refractivity contribution is 9.11. The van der Waals surface area contributed by atoms with Crippen LogP contribution in [0.4, 0.5) is 0 Å². The Kier molecular flexibility index (Phi) is 2.66. The summed E-state index contributed by atoms with van der Waals surface area (Å²) in [6, 6.07) is 3.83. The van der Waals surface area contributed by atoms with E-state index in [1.54, 1.807) is 5.38 Å². The van der Waals surface area contributed by atoms with Crippen LogP contribution in [-0.2, 0) is 0 Å². The fourth-order valence-electron chi connectivity index (χ4n) is 0.937. The van der Waals surface area contributed by atoms with Gasteiger partial charge in [0.2, 0.25) is 5.01 Å². The maximum Gasteiger partial charge on any atom is 0.365 e. The zero-order chi connectivity index (χ0) is 10.1. The van der Waals surface area contributed by atoms with E-state index in [1.807, 2.05) is 12.1 Å². The van der Waals surface area contributed by atoms with E-state index >= 15 is 0 Å². The first kappa shape index (κ1) is 9.82. The van der Waals surface area contributed by atoms with Gasteiger partial charge in [-0.1, -0.05) is 0 Å². The van der Waals surface area contributed by atoms with Crippen LogP contribution < -0.4 is 0 Å². The van der Waals surface area contributed by atoms with Gasteiger partial charge in [0.25, 0.3) is 0 Å². The predicted octanol–water partition coefficient (Wildman–Crippen LogP) is 3.33. The summed E-state index contributed by atoms with van der Waals surface area (Å²) in [6.45, 7) is 0. The van der Waals surface area contributed by atoms with Gasteiger partial charge in [-0.2, -0.15) is 0 Å². The van der Waals surface area contributed by atoms with E-state index < -0.39 is 5.97 Å². The minimum Gasteiger partial charge on any atom is -0.476 e. The molecule has 0 aliphatic carbocycles. The number of carboxylic acids is 1. The van der Waals surface area contributed by atoms with E-state index in [1.165, 1.54) is 11.3 Å². The number of rotatable bonds is 2. The lowest BCUT2D eigenvalue weighted by Crippen LogP contribution is -1.93. The van der Waals surface area contributed by atoms with Gasteiger partial charge in [0, 0.05) is 5.38 Å². The molecule has 2 aromatic heterocycles. The Morgan fingerprint density at radius 1 is 1.50 bits per heavy atom. The molecule has 0 bridgehead atoms. The van der Waals surface area contributed by atoms with Crippen molar-refractivity contribution in [1.29, 1.82) is 0 Å². The second-order valence-electron chi connectivity index (χ2n) is 2.45. The Hall–Kier alpha value is -0.720. The van der Waals surface area contributed by atoms with Crippen LogP contribution in [0.25, 0.3) is 10.6 Å². The Morgan fingerprint density at radius 3 is 2.79 bits per heavy atom. The molecule has 1 N–H and O–H groups in total. The summed E-state index contributed by atoms with van der Waals surface area (Å²) in [6.07, 6.45) is 0. The van der Waals surface area contributed by atoms with Crippen molar-refractivity contribution in [2.45, 2.75) is 0 Å². The molecule has 2 aromatic rings. The normalized spacial score (nSPS) is 10.4. The Labute approximate surface area is 96.2 Å². The van der Waals surface area contributed by atoms with Gasteiger partial charge >= 0.3 is 5.97 Å². The largest absolute Gasteiger partial charge is 0.476 e. The predicted molar refractivity (Wildman–Crippen MR) is 60.1 cm³/mol. The van der Waals surface area contributed by atoms with Crippen LogP contribution in [0.2, 0.25) is 0 Å². The van der Waals surface area contributed by atoms with Crippen LogP contribution in [0.5, 0.6) is 0 Å². The topological polar surface area (TPSA) is 50.2 Å². The zero-order valence-corrected chi connectivity index (χ0v) is 9.95. The van der Waals surface area contributed by atoms with Gasteiger partial charge in [-0.3, -0.25) is 0 Å². The number of thiazole rings is 1. The van der Waals surface area contributed by atoms with Gasteiger partial charge < -0.3 is 5.11 Å². The number of aromatic nitrogens is 1. The van der Waals surface area contributed by atoms with Crippen molar-refractivity contribution < 1.29 is 9.90 Å². The quantitative estimate of drug-likeness (QED) is 0.923. The number of carbonyl (C=O) groups is 1. The number of hydrogen-bond acceptors (Lipinski definition) is 4. The molecule has 0 saturated carbocycles. The minimum atomic E-state index is -0.975. The first-order valence-electron chi connectivity index (χ1n) is 3.61. The van der Waals surface area contributed by atoms with Crippen molar-refractivity contribution in [3.63, 3.8) is 0 Å². The molecule has 0 saturated heterocycles. The standard InChI is InChI=1S/C8H4BrNO2S2/c9-6-2-1-5(14-6)4-3-13-7(10-4)8(11)12/h1-3H,(H,11,12). The van der Waals surface area contributed by atoms with Crippen LogP contribution in [0.15, 0.2) is 21.3 Å². The maximum atomic E-state index is 10.6. The van der Waals surface area contributed by atoms with Gasteiger partial charge in [0.15, 0.2) is 0 Å². The van der Waals surface area contributed by atoms with Gasteiger partial charge in [0.1, 0.15) is 0 Å². The molecule has 0 amide bonds. The van der Waals surface area contributed by atoms with Crippen LogP contribution in [-0.4, -0.2) is 16.1 Å². The van der Waals surface area contributed by atoms with Gasteiger partial charge in [-0.15, -0.1) is 22.7 Å². The average Bonchev–Trinajstić information content (AvgIpc) is 2.70. The van der Waals surface area contributed by atoms with Crippen molar-refractivity contribution in [3.8, 4) is 10.6 Å². The van der Waals surface area contributed by atoms with E-state index in [0.29, 0.717) is 0 Å². The summed E-state index contributed by atoms with van der Waals surface area (Å²) in [4.78, 5) is 15.6. The molecule has 3 nitrogen and oxygen atoms in total. The molecule has 14 heavy (non-hydrogen) atoms. The molecule has 2 rings (SSSR count). The van der Waals surface area contributed by atoms with Crippen molar-refractivity contribution >= 4 is 44.6 Å². The fourth-order valence-corrected chi connectivity index (χ4v) is 3.01. The number of carboxylic acid groups (broad SMARTS) is 1.